The number of amides is 1. The van der Waals surface area contributed by atoms with Crippen LogP contribution >= 0.6 is 34.7 Å². The molecule has 1 aliphatic carbocycles. The standard InChI is InChI=1S/C19H15ClF3N3OS2/c1-9(16(27)26-13-6-5-10(20)7-12(13)19(21,22)23)28-17-15-11-3-2-4-14(11)29-18(15)25-8-24-17/h5-9H,2-4H2,1H3,(H,26,27). The van der Waals surface area contributed by atoms with Crippen molar-refractivity contribution in [2.24, 2.45) is 0 Å². The van der Waals surface area contributed by atoms with Crippen LogP contribution in [0.2, 0.25) is 5.02 Å². The molecule has 0 radical (unpaired) electrons. The molecule has 29 heavy (non-hydrogen) atoms. The highest BCUT2D eigenvalue weighted by atomic mass is 35.5. The van der Waals surface area contributed by atoms with Gasteiger partial charge in [0.25, 0.3) is 0 Å². The van der Waals surface area contributed by atoms with Gasteiger partial charge in [-0.05, 0) is 49.9 Å². The van der Waals surface area contributed by atoms with Gasteiger partial charge in [-0.3, -0.25) is 4.79 Å². The maximum Gasteiger partial charge on any atom is 0.418 e. The Morgan fingerprint density at radius 2 is 2.10 bits per heavy atom. The van der Waals surface area contributed by atoms with E-state index in [2.05, 4.69) is 15.3 Å². The molecule has 1 aromatic carbocycles. The molecule has 1 amide bonds. The van der Waals surface area contributed by atoms with Crippen molar-refractivity contribution < 1.29 is 18.0 Å². The average molecular weight is 458 g/mol. The van der Waals surface area contributed by atoms with E-state index < -0.39 is 22.9 Å². The molecule has 1 unspecified atom stereocenters. The third-order valence-electron chi connectivity index (χ3n) is 4.67. The first-order chi connectivity index (χ1) is 13.7. The Hall–Kier alpha value is -1.84. The minimum Gasteiger partial charge on any atom is -0.325 e. The maximum absolute atomic E-state index is 13.3. The largest absolute Gasteiger partial charge is 0.418 e. The Kier molecular flexibility index (Phi) is 5.48. The third kappa shape index (κ3) is 4.08. The van der Waals surface area contributed by atoms with E-state index in [0.717, 1.165) is 41.6 Å². The minimum absolute atomic E-state index is 0.0487. The van der Waals surface area contributed by atoms with E-state index in [-0.39, 0.29) is 10.7 Å². The number of halogens is 4. The van der Waals surface area contributed by atoms with Gasteiger partial charge >= 0.3 is 6.18 Å². The summed E-state index contributed by atoms with van der Waals surface area (Å²) in [5.74, 6) is -0.540. The zero-order valence-corrected chi connectivity index (χ0v) is 17.5. The lowest BCUT2D eigenvalue weighted by molar-refractivity contribution is -0.137. The number of carbonyl (C=O) groups is 1. The molecule has 0 bridgehead atoms. The molecule has 3 aromatic rings. The fourth-order valence-corrected chi connectivity index (χ4v) is 5.72. The Labute approximate surface area is 177 Å². The van der Waals surface area contributed by atoms with Gasteiger partial charge in [0.2, 0.25) is 5.91 Å². The number of anilines is 1. The van der Waals surface area contributed by atoms with Crippen molar-refractivity contribution >= 4 is 56.5 Å². The highest BCUT2D eigenvalue weighted by Gasteiger charge is 2.34. The molecule has 0 saturated carbocycles. The molecule has 0 aliphatic heterocycles. The molecule has 1 atom stereocenters. The van der Waals surface area contributed by atoms with Crippen LogP contribution in [0.5, 0.6) is 0 Å². The van der Waals surface area contributed by atoms with Gasteiger partial charge in [0.1, 0.15) is 16.2 Å². The third-order valence-corrected chi connectivity index (χ3v) is 7.20. The number of hydrogen-bond donors (Lipinski definition) is 1. The monoisotopic (exact) mass is 457 g/mol. The Bertz CT molecular complexity index is 1100. The number of thiophene rings is 1. The Balaban J connectivity index is 1.57. The van der Waals surface area contributed by atoms with Crippen LogP contribution in [0.4, 0.5) is 18.9 Å². The molecule has 1 aliphatic rings. The predicted octanol–water partition coefficient (Wildman–Crippen LogP) is 5.97. The smallest absolute Gasteiger partial charge is 0.325 e. The van der Waals surface area contributed by atoms with E-state index in [0.29, 0.717) is 5.03 Å². The van der Waals surface area contributed by atoms with Crippen molar-refractivity contribution in [2.45, 2.75) is 42.6 Å². The zero-order chi connectivity index (χ0) is 20.8. The number of alkyl halides is 3. The van der Waals surface area contributed by atoms with Crippen molar-refractivity contribution in [3.05, 3.63) is 45.6 Å². The average Bonchev–Trinajstić information content (AvgIpc) is 3.23. The summed E-state index contributed by atoms with van der Waals surface area (Å²) >= 11 is 8.56. The summed E-state index contributed by atoms with van der Waals surface area (Å²) < 4.78 is 39.8. The lowest BCUT2D eigenvalue weighted by Crippen LogP contribution is -2.24. The van der Waals surface area contributed by atoms with Crippen LogP contribution in [0.3, 0.4) is 0 Å². The maximum atomic E-state index is 13.3. The number of aryl methyl sites for hydroxylation is 2. The van der Waals surface area contributed by atoms with Crippen LogP contribution in [-0.4, -0.2) is 21.1 Å². The number of hydrogen-bond acceptors (Lipinski definition) is 5. The zero-order valence-electron chi connectivity index (χ0n) is 15.1. The molecule has 152 valence electrons. The number of benzene rings is 1. The first-order valence-electron chi connectivity index (χ1n) is 8.83. The fraction of sp³-hybridized carbons (Fsp3) is 0.316. The van der Waals surface area contributed by atoms with E-state index >= 15 is 0 Å². The summed E-state index contributed by atoms with van der Waals surface area (Å²) in [5, 5.41) is 3.33. The fourth-order valence-electron chi connectivity index (χ4n) is 3.30. The molecule has 1 N–H and O–H groups in total. The van der Waals surface area contributed by atoms with E-state index in [4.69, 9.17) is 11.6 Å². The molecular formula is C19H15ClF3N3OS2. The van der Waals surface area contributed by atoms with Crippen LogP contribution in [0.25, 0.3) is 10.2 Å². The highest BCUT2D eigenvalue weighted by Crippen LogP contribution is 2.41. The number of rotatable bonds is 4. The molecular weight excluding hydrogens is 443 g/mol. The van der Waals surface area contributed by atoms with Crippen LogP contribution < -0.4 is 5.32 Å². The summed E-state index contributed by atoms with van der Waals surface area (Å²) in [4.78, 5) is 23.5. The highest BCUT2D eigenvalue weighted by molar-refractivity contribution is 8.00. The molecule has 2 aromatic heterocycles. The van der Waals surface area contributed by atoms with Gasteiger partial charge in [0.05, 0.1) is 16.5 Å². The SMILES string of the molecule is CC(Sc1ncnc2sc3c(c12)CCC3)C(=O)Nc1ccc(Cl)cc1C(F)(F)F. The molecule has 0 saturated heterocycles. The second-order valence-electron chi connectivity index (χ2n) is 6.65. The van der Waals surface area contributed by atoms with Gasteiger partial charge in [0, 0.05) is 15.3 Å². The van der Waals surface area contributed by atoms with Crippen molar-refractivity contribution in [3.8, 4) is 0 Å². The first-order valence-corrected chi connectivity index (χ1v) is 10.9. The first kappa shape index (κ1) is 20.4. The van der Waals surface area contributed by atoms with E-state index in [9.17, 15) is 18.0 Å². The molecule has 0 fully saturated rings. The number of thioether (sulfide) groups is 1. The Morgan fingerprint density at radius 3 is 2.86 bits per heavy atom. The van der Waals surface area contributed by atoms with Crippen LogP contribution in [0.1, 0.15) is 29.3 Å². The number of nitrogens with one attached hydrogen (secondary N) is 1. The summed E-state index contributed by atoms with van der Waals surface area (Å²) in [6, 6.07) is 3.28. The second kappa shape index (κ2) is 7.77. The molecule has 10 heteroatoms. The van der Waals surface area contributed by atoms with Crippen molar-refractivity contribution in [1.29, 1.82) is 0 Å². The number of nitrogens with zero attached hydrogens (tertiary/aromatic N) is 2. The topological polar surface area (TPSA) is 54.9 Å². The van der Waals surface area contributed by atoms with Crippen molar-refractivity contribution in [1.82, 2.24) is 9.97 Å². The van der Waals surface area contributed by atoms with Gasteiger partial charge in [-0.1, -0.05) is 23.4 Å². The second-order valence-corrected chi connectivity index (χ2v) is 9.50. The normalized spacial score (nSPS) is 14.8. The van der Waals surface area contributed by atoms with Crippen molar-refractivity contribution in [2.75, 3.05) is 5.32 Å². The predicted molar refractivity (Wildman–Crippen MR) is 110 cm³/mol. The van der Waals surface area contributed by atoms with E-state index in [1.54, 1.807) is 18.3 Å². The van der Waals surface area contributed by atoms with Gasteiger partial charge in [0.15, 0.2) is 0 Å². The van der Waals surface area contributed by atoms with Crippen molar-refractivity contribution in [3.63, 3.8) is 0 Å². The van der Waals surface area contributed by atoms with Crippen LogP contribution in [0, 0.1) is 0 Å². The summed E-state index contributed by atoms with van der Waals surface area (Å²) in [7, 11) is 0. The lowest BCUT2D eigenvalue weighted by atomic mass is 10.1. The molecule has 0 spiro atoms. The van der Waals surface area contributed by atoms with Crippen LogP contribution in [0.15, 0.2) is 29.6 Å². The van der Waals surface area contributed by atoms with E-state index in [1.807, 2.05) is 0 Å². The van der Waals surface area contributed by atoms with Gasteiger partial charge < -0.3 is 5.32 Å². The molecule has 4 nitrogen and oxygen atoms in total. The Morgan fingerprint density at radius 1 is 1.31 bits per heavy atom. The number of aromatic nitrogens is 2. The summed E-state index contributed by atoms with van der Waals surface area (Å²) in [6.45, 7) is 1.64. The number of fused-ring (bicyclic) bond motifs is 3. The van der Waals surface area contributed by atoms with Gasteiger partial charge in [-0.2, -0.15) is 13.2 Å². The van der Waals surface area contributed by atoms with Crippen LogP contribution in [-0.2, 0) is 23.8 Å². The van der Waals surface area contributed by atoms with Gasteiger partial charge in [-0.15, -0.1) is 11.3 Å². The lowest BCUT2D eigenvalue weighted by Gasteiger charge is -2.16. The quantitative estimate of drug-likeness (QED) is 0.387. The summed E-state index contributed by atoms with van der Waals surface area (Å²) in [6.07, 6.45) is -0.103. The summed E-state index contributed by atoms with van der Waals surface area (Å²) in [5.41, 5.74) is -0.0583. The van der Waals surface area contributed by atoms with E-state index in [1.165, 1.54) is 34.6 Å². The minimum atomic E-state index is -4.63. The van der Waals surface area contributed by atoms with Gasteiger partial charge in [-0.25, -0.2) is 9.97 Å². The molecule has 2 heterocycles. The molecule has 4 rings (SSSR count). The number of carbonyl (C=O) groups excluding carboxylic acids is 1.